The van der Waals surface area contributed by atoms with E-state index < -0.39 is 55.8 Å². The lowest BCUT2D eigenvalue weighted by atomic mass is 10.2. The van der Waals surface area contributed by atoms with Crippen LogP contribution in [0.2, 0.25) is 0 Å². The maximum absolute atomic E-state index is 15.4. The number of H-pyrrole nitrogens is 1. The normalized spacial score (nSPS) is 32.0. The molecule has 0 bridgehead atoms. The van der Waals surface area contributed by atoms with E-state index in [-0.39, 0.29) is 24.4 Å². The first-order valence-corrected chi connectivity index (χ1v) is 10.6. The molecule has 32 heavy (non-hydrogen) atoms. The fourth-order valence-electron chi connectivity index (χ4n) is 3.17. The fraction of sp³-hybridized carbons (Fsp3) is 0.389. The summed E-state index contributed by atoms with van der Waals surface area (Å²) in [5.74, 6) is -2.58. The number of aromatic amines is 1. The van der Waals surface area contributed by atoms with Gasteiger partial charge in [-0.05, 0) is 6.07 Å². The number of aliphatic hydroxyl groups is 1. The number of ether oxygens (including phenoxy) is 2. The van der Waals surface area contributed by atoms with Crippen molar-refractivity contribution in [2.75, 3.05) is 13.7 Å². The molecule has 12 nitrogen and oxygen atoms in total. The van der Waals surface area contributed by atoms with E-state index in [2.05, 4.69) is 0 Å². The highest BCUT2D eigenvalue weighted by Gasteiger charge is 2.50. The smallest absolute Gasteiger partial charge is 0.493 e. The van der Waals surface area contributed by atoms with Gasteiger partial charge in [0.1, 0.15) is 12.7 Å². The zero-order chi connectivity index (χ0) is 24.0. The third-order valence-corrected chi connectivity index (χ3v) is 6.00. The van der Waals surface area contributed by atoms with Crippen molar-refractivity contribution in [3.8, 4) is 11.5 Å². The van der Waals surface area contributed by atoms with E-state index in [1.165, 1.54) is 7.11 Å². The molecule has 0 amide bonds. The summed E-state index contributed by atoms with van der Waals surface area (Å²) in [6.07, 6.45) is -4.81. The second kappa shape index (κ2) is 8.26. The number of nitrogens with one attached hydrogen (secondary N) is 1. The number of nitrogens with zero attached hydrogens (tertiary/aromatic N) is 1. The Bertz CT molecular complexity index is 1250. The van der Waals surface area contributed by atoms with Gasteiger partial charge in [0.2, 0.25) is 5.85 Å². The molecule has 0 spiro atoms. The minimum atomic E-state index is -4.35. The fourth-order valence-corrected chi connectivity index (χ4v) is 4.43. The van der Waals surface area contributed by atoms with Crippen LogP contribution in [0.25, 0.3) is 0 Å². The topological polar surface area (TPSA) is 155 Å². The first-order valence-electron chi connectivity index (χ1n) is 9.66. The number of alkyl halides is 1. The van der Waals surface area contributed by atoms with Crippen molar-refractivity contribution in [1.29, 1.82) is 0 Å². The molecular formula is C18H18FN2O10P. The molecule has 2 aliphatic heterocycles. The molecule has 1 aromatic carbocycles. The van der Waals surface area contributed by atoms with Gasteiger partial charge in [-0.1, -0.05) is 12.1 Å². The molecule has 172 valence electrons. The number of benzene rings is 1. The number of aldehydes is 1. The lowest BCUT2D eigenvalue weighted by molar-refractivity contribution is -0.179. The molecule has 0 aliphatic carbocycles. The van der Waals surface area contributed by atoms with Crippen LogP contribution >= 0.6 is 7.82 Å². The number of carbonyl (C=O) groups excluding carboxylic acids is 1. The number of aliphatic hydroxyl groups excluding tert-OH is 1. The summed E-state index contributed by atoms with van der Waals surface area (Å²) in [7, 11) is -2.98. The van der Waals surface area contributed by atoms with Crippen molar-refractivity contribution in [1.82, 2.24) is 9.55 Å². The summed E-state index contributed by atoms with van der Waals surface area (Å²) >= 11 is 0. The van der Waals surface area contributed by atoms with E-state index in [0.29, 0.717) is 16.3 Å². The number of phosphoric acid groups is 1. The molecular weight excluding hydrogens is 454 g/mol. The highest BCUT2D eigenvalue weighted by atomic mass is 31.2. The summed E-state index contributed by atoms with van der Waals surface area (Å²) in [6.45, 7) is -1.29. The molecule has 2 N–H and O–H groups in total. The number of para-hydroxylation sites is 1. The van der Waals surface area contributed by atoms with Gasteiger partial charge in [-0.2, -0.15) is 0 Å². The van der Waals surface area contributed by atoms with Crippen LogP contribution in [0.4, 0.5) is 4.39 Å². The van der Waals surface area contributed by atoms with Crippen LogP contribution in [0.5, 0.6) is 11.5 Å². The average Bonchev–Trinajstić information content (AvgIpc) is 3.01. The average molecular weight is 473 g/mol. The molecule has 1 fully saturated rings. The Labute approximate surface area is 180 Å². The predicted molar refractivity (Wildman–Crippen MR) is 103 cm³/mol. The molecule has 2 aliphatic rings. The number of hydrogen-bond acceptors (Lipinski definition) is 10. The molecule has 4 rings (SSSR count). The molecule has 1 saturated heterocycles. The molecule has 4 atom stereocenters. The summed E-state index contributed by atoms with van der Waals surface area (Å²) < 4.78 is 62.5. The maximum atomic E-state index is 15.4. The summed E-state index contributed by atoms with van der Waals surface area (Å²) in [5.41, 5.74) is -2.29. The van der Waals surface area contributed by atoms with Gasteiger partial charge in [0.25, 0.3) is 5.56 Å². The Morgan fingerprint density at radius 2 is 2.28 bits per heavy atom. The zero-order valence-corrected chi connectivity index (χ0v) is 17.4. The summed E-state index contributed by atoms with van der Waals surface area (Å²) in [5, 5.41) is 10.3. The van der Waals surface area contributed by atoms with Crippen molar-refractivity contribution < 1.29 is 43.3 Å². The minimum Gasteiger partial charge on any atom is -0.493 e. The molecule has 1 unspecified atom stereocenters. The van der Waals surface area contributed by atoms with Crippen LogP contribution in [0.3, 0.4) is 0 Å². The second-order valence-electron chi connectivity index (χ2n) is 6.91. The number of methoxy groups -OCH3 is 1. The summed E-state index contributed by atoms with van der Waals surface area (Å²) in [4.78, 5) is 36.5. The first kappa shape index (κ1) is 21.0. The van der Waals surface area contributed by atoms with Crippen LogP contribution in [0.15, 0.2) is 34.0 Å². The van der Waals surface area contributed by atoms with Gasteiger partial charge in [0.15, 0.2) is 24.0 Å². The predicted octanol–water partition coefficient (Wildman–Crippen LogP) is 1.04. The molecule has 0 saturated carbocycles. The van der Waals surface area contributed by atoms with E-state index in [9.17, 15) is 24.1 Å². The number of hydrogen-bond donors (Lipinski definition) is 2. The van der Waals surface area contributed by atoms with E-state index in [1.54, 1.807) is 23.2 Å². The van der Waals surface area contributed by atoms with E-state index in [4.69, 9.17) is 24.4 Å². The van der Waals surface area contributed by atoms with Crippen molar-refractivity contribution in [3.05, 3.63) is 56.4 Å². The van der Waals surface area contributed by atoms with E-state index >= 15 is 4.39 Å². The quantitative estimate of drug-likeness (QED) is 0.459. The van der Waals surface area contributed by atoms with Crippen LogP contribution in [0, 0.1) is 0 Å². The van der Waals surface area contributed by atoms with Crippen molar-refractivity contribution in [2.24, 2.45) is 0 Å². The number of halogens is 1. The second-order valence-corrected chi connectivity index (χ2v) is 8.50. The number of fused-ring (bicyclic) bond motifs is 1. The number of rotatable bonds is 6. The molecule has 0 radical (unpaired) electrons. The van der Waals surface area contributed by atoms with Crippen molar-refractivity contribution >= 4 is 14.1 Å². The number of aromatic nitrogens is 2. The number of phosphoric ester groups is 1. The standard InChI is InChI=1S/C18H18FN2O10P/c1-27-13-4-2-3-10-8-28-32(26,31-14(10)13)29-9-18(19)5-12(23)16(30-18)21-6-11(7-22)15(24)20-17(21)25/h2-4,6-7,12,16,23H,5,8-9H2,1H3,(H,20,24,25)/t12-,16-,18+,32?/m1/s1/i16D. The Hall–Kier alpha value is -2.83. The van der Waals surface area contributed by atoms with Gasteiger partial charge < -0.3 is 19.1 Å². The Balaban J connectivity index is 1.55. The van der Waals surface area contributed by atoms with Gasteiger partial charge in [0, 0.05) is 18.2 Å². The zero-order valence-electron chi connectivity index (χ0n) is 17.5. The largest absolute Gasteiger partial charge is 0.530 e. The van der Waals surface area contributed by atoms with E-state index in [0.717, 1.165) is 0 Å². The third kappa shape index (κ3) is 4.12. The lowest BCUT2D eigenvalue weighted by Gasteiger charge is -2.28. The molecule has 2 aromatic rings. The highest BCUT2D eigenvalue weighted by molar-refractivity contribution is 7.49. The van der Waals surface area contributed by atoms with Gasteiger partial charge in [-0.25, -0.2) is 13.8 Å². The number of carbonyl (C=O) groups is 1. The van der Waals surface area contributed by atoms with Gasteiger partial charge >= 0.3 is 13.5 Å². The minimum absolute atomic E-state index is 0.0888. The first-order chi connectivity index (χ1) is 15.5. The van der Waals surface area contributed by atoms with Crippen LogP contribution in [0.1, 0.15) is 29.9 Å². The Morgan fingerprint density at radius 1 is 1.50 bits per heavy atom. The Morgan fingerprint density at radius 3 is 3.00 bits per heavy atom. The monoisotopic (exact) mass is 473 g/mol. The molecule has 3 heterocycles. The van der Waals surface area contributed by atoms with Crippen molar-refractivity contribution in [2.45, 2.75) is 31.2 Å². The third-order valence-electron chi connectivity index (χ3n) is 4.70. The van der Waals surface area contributed by atoms with Gasteiger partial charge in [-0.3, -0.25) is 28.2 Å². The Kier molecular flexibility index (Phi) is 5.43. The summed E-state index contributed by atoms with van der Waals surface area (Å²) in [6, 6.07) is 4.85. The van der Waals surface area contributed by atoms with Gasteiger partial charge in [-0.15, -0.1) is 0 Å². The van der Waals surface area contributed by atoms with Crippen LogP contribution in [-0.4, -0.2) is 46.6 Å². The highest BCUT2D eigenvalue weighted by Crippen LogP contribution is 2.57. The van der Waals surface area contributed by atoms with E-state index in [1.807, 2.05) is 0 Å². The molecule has 14 heteroatoms. The molecule has 1 aromatic heterocycles. The van der Waals surface area contributed by atoms with Crippen LogP contribution in [-0.2, 0) is 25.0 Å². The van der Waals surface area contributed by atoms with Crippen molar-refractivity contribution in [3.63, 3.8) is 0 Å². The lowest BCUT2D eigenvalue weighted by Crippen LogP contribution is -2.37. The van der Waals surface area contributed by atoms with Crippen LogP contribution < -0.4 is 20.5 Å². The van der Waals surface area contributed by atoms with Gasteiger partial charge in [0.05, 0.1) is 20.7 Å². The maximum Gasteiger partial charge on any atom is 0.530 e. The SMILES string of the molecule is [2H][C@@]1(n2cc(C=O)c(=O)[nH]c2=O)O[C@](F)(COP2(=O)OCc3cccc(OC)c3O2)C[C@H]1O.